The molecule has 2 atom stereocenters. The van der Waals surface area contributed by atoms with E-state index in [9.17, 15) is 9.90 Å². The van der Waals surface area contributed by atoms with Gasteiger partial charge in [0.05, 0.1) is 0 Å². The van der Waals surface area contributed by atoms with Crippen LogP contribution >= 0.6 is 0 Å². The van der Waals surface area contributed by atoms with Gasteiger partial charge in [0.15, 0.2) is 11.5 Å². The number of aliphatic carboxylic acids is 3. The Morgan fingerprint density at radius 2 is 1.62 bits per heavy atom. The maximum absolute atomic E-state index is 11.6. The molecule has 154 valence electrons. The van der Waals surface area contributed by atoms with Gasteiger partial charge in [-0.2, -0.15) is 0 Å². The molecule has 2 unspecified atom stereocenters. The molecule has 0 radical (unpaired) electrons. The van der Waals surface area contributed by atoms with E-state index in [1.54, 1.807) is 25.2 Å². The van der Waals surface area contributed by atoms with Crippen molar-refractivity contribution in [2.75, 3.05) is 13.8 Å². The standard InChI is InChI=1S/C17H17NO5.C2H2O4/c1-18-14(17(19)20)15(11-6-3-2-4-7-11)23-13-9-5-8-12-16(13)22-10-21-12;3-1(4)2(5)6/h2-9,14-15,18H,10H2,1H3,(H,19,20);(H,3,4)(H,5,6). The van der Waals surface area contributed by atoms with E-state index in [2.05, 4.69) is 5.32 Å². The SMILES string of the molecule is CNC(C(=O)O)C(Oc1cccc2c1OCO2)c1ccccc1.O=C(O)C(=O)O. The third-order valence-electron chi connectivity index (χ3n) is 3.81. The fraction of sp³-hybridized carbons (Fsp3) is 0.211. The van der Waals surface area contributed by atoms with E-state index >= 15 is 0 Å². The van der Waals surface area contributed by atoms with Crippen molar-refractivity contribution in [3.05, 3.63) is 54.1 Å². The fourth-order valence-corrected chi connectivity index (χ4v) is 2.51. The van der Waals surface area contributed by atoms with Crippen LogP contribution in [0.1, 0.15) is 11.7 Å². The van der Waals surface area contributed by atoms with Gasteiger partial charge in [0, 0.05) is 0 Å². The van der Waals surface area contributed by atoms with Crippen LogP contribution in [0.5, 0.6) is 17.2 Å². The van der Waals surface area contributed by atoms with E-state index < -0.39 is 30.1 Å². The molecular weight excluding hydrogens is 386 g/mol. The summed E-state index contributed by atoms with van der Waals surface area (Å²) in [6, 6.07) is 13.6. The van der Waals surface area contributed by atoms with Crippen molar-refractivity contribution in [3.8, 4) is 17.2 Å². The van der Waals surface area contributed by atoms with Crippen LogP contribution in [-0.4, -0.2) is 53.1 Å². The van der Waals surface area contributed by atoms with E-state index in [1.807, 2.05) is 30.3 Å². The average Bonchev–Trinajstić information content (AvgIpc) is 3.18. The topological polar surface area (TPSA) is 152 Å². The largest absolute Gasteiger partial charge is 0.480 e. The van der Waals surface area contributed by atoms with Crippen molar-refractivity contribution >= 4 is 17.9 Å². The van der Waals surface area contributed by atoms with Gasteiger partial charge in [-0.05, 0) is 24.7 Å². The van der Waals surface area contributed by atoms with Crippen molar-refractivity contribution < 1.29 is 43.9 Å². The Morgan fingerprint density at radius 1 is 0.966 bits per heavy atom. The van der Waals surface area contributed by atoms with E-state index in [-0.39, 0.29) is 6.79 Å². The first-order valence-corrected chi connectivity index (χ1v) is 8.31. The summed E-state index contributed by atoms with van der Waals surface area (Å²) in [5.74, 6) is -3.11. The zero-order valence-electron chi connectivity index (χ0n) is 15.3. The number of carboxylic acids is 3. The molecule has 0 saturated heterocycles. The lowest BCUT2D eigenvalue weighted by atomic mass is 10.0. The number of carboxylic acid groups (broad SMARTS) is 3. The monoisotopic (exact) mass is 405 g/mol. The van der Waals surface area contributed by atoms with Gasteiger partial charge in [0.1, 0.15) is 12.1 Å². The smallest absolute Gasteiger partial charge is 0.414 e. The number of carbonyl (C=O) groups is 3. The molecule has 1 aliphatic heterocycles. The normalized spacial score (nSPS) is 13.4. The van der Waals surface area contributed by atoms with Crippen LogP contribution < -0.4 is 19.5 Å². The molecule has 0 aromatic heterocycles. The maximum Gasteiger partial charge on any atom is 0.414 e. The second-order valence-electron chi connectivity index (χ2n) is 5.65. The summed E-state index contributed by atoms with van der Waals surface area (Å²) < 4.78 is 16.8. The molecule has 0 amide bonds. The number of hydrogen-bond acceptors (Lipinski definition) is 7. The Balaban J connectivity index is 0.000000438. The average molecular weight is 405 g/mol. The summed E-state index contributed by atoms with van der Waals surface area (Å²) >= 11 is 0. The lowest BCUT2D eigenvalue weighted by Gasteiger charge is -2.25. The summed E-state index contributed by atoms with van der Waals surface area (Å²) in [6.07, 6.45) is -0.714. The maximum atomic E-state index is 11.6. The predicted molar refractivity (Wildman–Crippen MR) is 98.1 cm³/mol. The molecule has 0 saturated carbocycles. The number of benzene rings is 2. The first-order valence-electron chi connectivity index (χ1n) is 8.31. The Hall–Kier alpha value is -3.79. The van der Waals surface area contributed by atoms with Crippen LogP contribution in [0.2, 0.25) is 0 Å². The van der Waals surface area contributed by atoms with Gasteiger partial charge in [-0.3, -0.25) is 4.79 Å². The highest BCUT2D eigenvalue weighted by atomic mass is 16.7. The molecule has 29 heavy (non-hydrogen) atoms. The molecule has 0 spiro atoms. The molecular formula is C19H19NO9. The highest BCUT2D eigenvalue weighted by molar-refractivity contribution is 6.27. The van der Waals surface area contributed by atoms with Crippen molar-refractivity contribution in [2.45, 2.75) is 12.1 Å². The van der Waals surface area contributed by atoms with Gasteiger partial charge in [0.2, 0.25) is 12.5 Å². The summed E-state index contributed by atoms with van der Waals surface area (Å²) in [5.41, 5.74) is 0.755. The minimum Gasteiger partial charge on any atom is -0.480 e. The Morgan fingerprint density at radius 3 is 2.17 bits per heavy atom. The zero-order chi connectivity index (χ0) is 21.4. The number of likely N-dealkylation sites (N-methyl/N-ethyl adjacent to an activating group) is 1. The van der Waals surface area contributed by atoms with Crippen LogP contribution in [-0.2, 0) is 14.4 Å². The summed E-state index contributed by atoms with van der Waals surface area (Å²) in [4.78, 5) is 29.8. The lowest BCUT2D eigenvalue weighted by Crippen LogP contribution is -2.41. The molecule has 0 fully saturated rings. The molecule has 4 N–H and O–H groups in total. The summed E-state index contributed by atoms with van der Waals surface area (Å²) in [7, 11) is 1.59. The van der Waals surface area contributed by atoms with Gasteiger partial charge in [-0.1, -0.05) is 36.4 Å². The van der Waals surface area contributed by atoms with E-state index in [1.165, 1.54) is 0 Å². The fourth-order valence-electron chi connectivity index (χ4n) is 2.51. The molecule has 2 aromatic rings. The van der Waals surface area contributed by atoms with E-state index in [4.69, 9.17) is 34.0 Å². The number of hydrogen-bond donors (Lipinski definition) is 4. The second kappa shape index (κ2) is 9.95. The zero-order valence-corrected chi connectivity index (χ0v) is 15.3. The van der Waals surface area contributed by atoms with Crippen molar-refractivity contribution in [2.24, 2.45) is 0 Å². The van der Waals surface area contributed by atoms with Crippen LogP contribution in [0.4, 0.5) is 0 Å². The minimum atomic E-state index is -1.82. The Bertz CT molecular complexity index is 857. The molecule has 3 rings (SSSR count). The Kier molecular flexibility index (Phi) is 7.38. The summed E-state index contributed by atoms with van der Waals surface area (Å²) in [6.45, 7) is 0.125. The second-order valence-corrected chi connectivity index (χ2v) is 5.65. The molecule has 1 aliphatic rings. The molecule has 1 heterocycles. The van der Waals surface area contributed by atoms with E-state index in [0.717, 1.165) is 5.56 Å². The summed E-state index contributed by atoms with van der Waals surface area (Å²) in [5, 5.41) is 27.1. The first-order chi connectivity index (χ1) is 13.8. The molecule has 2 aromatic carbocycles. The van der Waals surface area contributed by atoms with Crippen molar-refractivity contribution in [1.29, 1.82) is 0 Å². The molecule has 0 bridgehead atoms. The molecule has 10 heteroatoms. The van der Waals surface area contributed by atoms with Crippen LogP contribution in [0.3, 0.4) is 0 Å². The van der Waals surface area contributed by atoms with Crippen LogP contribution in [0.25, 0.3) is 0 Å². The van der Waals surface area contributed by atoms with Crippen LogP contribution in [0, 0.1) is 0 Å². The number of rotatable bonds is 6. The van der Waals surface area contributed by atoms with Gasteiger partial charge in [-0.25, -0.2) is 9.59 Å². The highest BCUT2D eigenvalue weighted by Crippen LogP contribution is 2.42. The third kappa shape index (κ3) is 5.59. The Labute approximate surface area is 165 Å². The van der Waals surface area contributed by atoms with Gasteiger partial charge >= 0.3 is 17.9 Å². The lowest BCUT2D eigenvalue weighted by molar-refractivity contribution is -0.159. The highest BCUT2D eigenvalue weighted by Gasteiger charge is 2.31. The predicted octanol–water partition coefficient (Wildman–Crippen LogP) is 1.36. The first kappa shape index (κ1) is 21.5. The van der Waals surface area contributed by atoms with Gasteiger partial charge in [0.25, 0.3) is 0 Å². The quantitative estimate of drug-likeness (QED) is 0.518. The minimum absolute atomic E-state index is 0.125. The van der Waals surface area contributed by atoms with E-state index in [0.29, 0.717) is 17.2 Å². The third-order valence-corrected chi connectivity index (χ3v) is 3.81. The number of nitrogens with one attached hydrogen (secondary N) is 1. The molecule has 10 nitrogen and oxygen atoms in total. The number of fused-ring (bicyclic) bond motifs is 1. The molecule has 0 aliphatic carbocycles. The van der Waals surface area contributed by atoms with Crippen LogP contribution in [0.15, 0.2) is 48.5 Å². The van der Waals surface area contributed by atoms with Crippen molar-refractivity contribution in [1.82, 2.24) is 5.32 Å². The van der Waals surface area contributed by atoms with Gasteiger partial charge in [-0.15, -0.1) is 0 Å². The number of para-hydroxylation sites is 1. The van der Waals surface area contributed by atoms with Gasteiger partial charge < -0.3 is 34.8 Å². The number of ether oxygens (including phenoxy) is 3. The van der Waals surface area contributed by atoms with Crippen molar-refractivity contribution in [3.63, 3.8) is 0 Å².